The molecule has 0 aliphatic carbocycles. The van der Waals surface area contributed by atoms with Gasteiger partial charge in [-0.1, -0.05) is 11.6 Å². The van der Waals surface area contributed by atoms with E-state index in [1.807, 2.05) is 13.0 Å². The van der Waals surface area contributed by atoms with Gasteiger partial charge in [-0.2, -0.15) is 5.26 Å². The highest BCUT2D eigenvalue weighted by Gasteiger charge is 2.07. The van der Waals surface area contributed by atoms with Crippen molar-refractivity contribution in [1.82, 2.24) is 0 Å². The lowest BCUT2D eigenvalue weighted by Gasteiger charge is -2.12. The average Bonchev–Trinajstić information content (AvgIpc) is 2.20. The summed E-state index contributed by atoms with van der Waals surface area (Å²) in [7, 11) is 0. The molecule has 15 heavy (non-hydrogen) atoms. The van der Waals surface area contributed by atoms with Crippen LogP contribution >= 0.6 is 11.6 Å². The second-order valence-corrected chi connectivity index (χ2v) is 3.82. The second-order valence-electron chi connectivity index (χ2n) is 3.44. The SMILES string of the molecule is Cc1c(NC[C@@H](C)O)ccc(C#N)c1Cl. The van der Waals surface area contributed by atoms with Crippen molar-refractivity contribution in [3.63, 3.8) is 0 Å². The third-order valence-electron chi connectivity index (χ3n) is 2.09. The van der Waals surface area contributed by atoms with Gasteiger partial charge in [0, 0.05) is 12.2 Å². The first-order valence-corrected chi connectivity index (χ1v) is 5.05. The molecule has 0 amide bonds. The first kappa shape index (κ1) is 11.8. The van der Waals surface area contributed by atoms with Crippen molar-refractivity contribution in [1.29, 1.82) is 5.26 Å². The monoisotopic (exact) mass is 224 g/mol. The number of anilines is 1. The standard InChI is InChI=1S/C11H13ClN2O/c1-7(15)6-14-10-4-3-9(5-13)11(12)8(10)2/h3-4,7,14-15H,6H2,1-2H3/t7-/m1/s1. The Bertz CT molecular complexity index is 396. The highest BCUT2D eigenvalue weighted by Crippen LogP contribution is 2.26. The number of nitriles is 1. The molecule has 0 aliphatic rings. The van der Waals surface area contributed by atoms with Crippen molar-refractivity contribution in [3.05, 3.63) is 28.3 Å². The van der Waals surface area contributed by atoms with Crippen LogP contribution in [0.15, 0.2) is 12.1 Å². The Morgan fingerprint density at radius 2 is 2.27 bits per heavy atom. The van der Waals surface area contributed by atoms with Gasteiger partial charge in [0.25, 0.3) is 0 Å². The predicted molar refractivity (Wildman–Crippen MR) is 61.1 cm³/mol. The number of nitrogens with zero attached hydrogens (tertiary/aromatic N) is 1. The topological polar surface area (TPSA) is 56.0 Å². The zero-order valence-corrected chi connectivity index (χ0v) is 9.47. The van der Waals surface area contributed by atoms with E-state index in [1.54, 1.807) is 19.1 Å². The molecule has 0 bridgehead atoms. The van der Waals surface area contributed by atoms with E-state index in [9.17, 15) is 0 Å². The molecule has 1 aromatic carbocycles. The lowest BCUT2D eigenvalue weighted by molar-refractivity contribution is 0.208. The third kappa shape index (κ3) is 2.85. The lowest BCUT2D eigenvalue weighted by atomic mass is 10.1. The number of hydrogen-bond donors (Lipinski definition) is 2. The Morgan fingerprint density at radius 3 is 2.80 bits per heavy atom. The van der Waals surface area contributed by atoms with Crippen LogP contribution in [0.4, 0.5) is 5.69 Å². The summed E-state index contributed by atoms with van der Waals surface area (Å²) in [4.78, 5) is 0. The van der Waals surface area contributed by atoms with Gasteiger partial charge < -0.3 is 10.4 Å². The van der Waals surface area contributed by atoms with E-state index in [0.717, 1.165) is 11.3 Å². The summed E-state index contributed by atoms with van der Waals surface area (Å²) >= 11 is 5.99. The van der Waals surface area contributed by atoms with Gasteiger partial charge in [0.05, 0.1) is 16.7 Å². The van der Waals surface area contributed by atoms with E-state index < -0.39 is 6.10 Å². The number of aliphatic hydroxyl groups excluding tert-OH is 1. The molecule has 0 aliphatic heterocycles. The zero-order valence-electron chi connectivity index (χ0n) is 8.71. The number of aliphatic hydroxyl groups is 1. The molecule has 80 valence electrons. The first-order chi connectivity index (χ1) is 7.06. The summed E-state index contributed by atoms with van der Waals surface area (Å²) in [5.74, 6) is 0. The molecule has 3 nitrogen and oxygen atoms in total. The van der Waals surface area contributed by atoms with Gasteiger partial charge >= 0.3 is 0 Å². The van der Waals surface area contributed by atoms with Crippen molar-refractivity contribution in [2.24, 2.45) is 0 Å². The van der Waals surface area contributed by atoms with Gasteiger partial charge in [-0.15, -0.1) is 0 Å². The van der Waals surface area contributed by atoms with E-state index in [2.05, 4.69) is 5.32 Å². The second kappa shape index (κ2) is 5.01. The Morgan fingerprint density at radius 1 is 1.60 bits per heavy atom. The highest BCUT2D eigenvalue weighted by molar-refractivity contribution is 6.32. The molecule has 1 rings (SSSR count). The van der Waals surface area contributed by atoms with Crippen molar-refractivity contribution < 1.29 is 5.11 Å². The Kier molecular flexibility index (Phi) is 3.96. The minimum absolute atomic E-state index is 0.418. The molecular weight excluding hydrogens is 212 g/mol. The van der Waals surface area contributed by atoms with Crippen molar-refractivity contribution in [2.75, 3.05) is 11.9 Å². The van der Waals surface area contributed by atoms with Crippen LogP contribution in [0.1, 0.15) is 18.1 Å². The summed E-state index contributed by atoms with van der Waals surface area (Å²) in [6.07, 6.45) is -0.418. The predicted octanol–water partition coefficient (Wildman–Crippen LogP) is 2.31. The molecule has 2 N–H and O–H groups in total. The van der Waals surface area contributed by atoms with Gasteiger partial charge in [-0.25, -0.2) is 0 Å². The fraction of sp³-hybridized carbons (Fsp3) is 0.364. The van der Waals surface area contributed by atoms with E-state index in [4.69, 9.17) is 22.0 Å². The molecule has 0 spiro atoms. The van der Waals surface area contributed by atoms with Gasteiger partial charge in [0.15, 0.2) is 0 Å². The molecule has 0 heterocycles. The van der Waals surface area contributed by atoms with Crippen LogP contribution < -0.4 is 5.32 Å². The first-order valence-electron chi connectivity index (χ1n) is 4.67. The summed E-state index contributed by atoms with van der Waals surface area (Å²) in [6, 6.07) is 5.48. The fourth-order valence-corrected chi connectivity index (χ4v) is 1.43. The molecule has 4 heteroatoms. The summed E-state index contributed by atoms with van der Waals surface area (Å²) in [6.45, 7) is 4.00. The van der Waals surface area contributed by atoms with Crippen molar-refractivity contribution in [2.45, 2.75) is 20.0 Å². The lowest BCUT2D eigenvalue weighted by Crippen LogP contribution is -2.15. The van der Waals surface area contributed by atoms with Crippen LogP contribution in [0.3, 0.4) is 0 Å². The van der Waals surface area contributed by atoms with Crippen LogP contribution in [0.2, 0.25) is 5.02 Å². The molecule has 0 aromatic heterocycles. The summed E-state index contributed by atoms with van der Waals surface area (Å²) < 4.78 is 0. The van der Waals surface area contributed by atoms with Gasteiger partial charge in [-0.3, -0.25) is 0 Å². The number of halogens is 1. The smallest absolute Gasteiger partial charge is 0.101 e. The Balaban J connectivity index is 2.93. The maximum absolute atomic E-state index is 9.13. The van der Waals surface area contributed by atoms with Crippen LogP contribution in [-0.2, 0) is 0 Å². The van der Waals surface area contributed by atoms with Crippen LogP contribution in [-0.4, -0.2) is 17.8 Å². The van der Waals surface area contributed by atoms with Crippen molar-refractivity contribution >= 4 is 17.3 Å². The van der Waals surface area contributed by atoms with E-state index in [-0.39, 0.29) is 0 Å². The number of hydrogen-bond acceptors (Lipinski definition) is 3. The summed E-state index contributed by atoms with van der Waals surface area (Å²) in [5.41, 5.74) is 2.15. The van der Waals surface area contributed by atoms with Gasteiger partial charge in [-0.05, 0) is 31.5 Å². The highest BCUT2D eigenvalue weighted by atomic mass is 35.5. The minimum Gasteiger partial charge on any atom is -0.392 e. The average molecular weight is 225 g/mol. The fourth-order valence-electron chi connectivity index (χ4n) is 1.22. The van der Waals surface area contributed by atoms with Crippen LogP contribution in [0.25, 0.3) is 0 Å². The maximum atomic E-state index is 9.13. The molecular formula is C11H13ClN2O. The zero-order chi connectivity index (χ0) is 11.4. The quantitative estimate of drug-likeness (QED) is 0.829. The molecule has 0 radical (unpaired) electrons. The van der Waals surface area contributed by atoms with Crippen LogP contribution in [0.5, 0.6) is 0 Å². The normalized spacial score (nSPS) is 11.9. The number of nitrogens with one attached hydrogen (secondary N) is 1. The largest absolute Gasteiger partial charge is 0.392 e. The van der Waals surface area contributed by atoms with E-state index in [1.165, 1.54) is 0 Å². The maximum Gasteiger partial charge on any atom is 0.101 e. The minimum atomic E-state index is -0.418. The molecule has 0 unspecified atom stereocenters. The Hall–Kier alpha value is -1.24. The molecule has 1 aromatic rings. The van der Waals surface area contributed by atoms with Gasteiger partial charge in [0.1, 0.15) is 6.07 Å². The van der Waals surface area contributed by atoms with E-state index in [0.29, 0.717) is 17.1 Å². The summed E-state index contributed by atoms with van der Waals surface area (Å²) in [5, 5.41) is 21.4. The Labute approximate surface area is 94.3 Å². The van der Waals surface area contributed by atoms with Crippen LogP contribution in [0, 0.1) is 18.3 Å². The number of rotatable bonds is 3. The van der Waals surface area contributed by atoms with Gasteiger partial charge in [0.2, 0.25) is 0 Å². The van der Waals surface area contributed by atoms with E-state index >= 15 is 0 Å². The molecule has 1 atom stereocenters. The van der Waals surface area contributed by atoms with Crippen molar-refractivity contribution in [3.8, 4) is 6.07 Å². The third-order valence-corrected chi connectivity index (χ3v) is 2.58. The molecule has 0 fully saturated rings. The number of benzene rings is 1. The molecule has 0 saturated carbocycles. The molecule has 0 saturated heterocycles.